The van der Waals surface area contributed by atoms with Crippen LogP contribution in [0.15, 0.2) is 42.5 Å². The predicted molar refractivity (Wildman–Crippen MR) is 84.4 cm³/mol. The lowest BCUT2D eigenvalue weighted by Gasteiger charge is -2.05. The van der Waals surface area contributed by atoms with Gasteiger partial charge in [-0.25, -0.2) is 4.98 Å². The van der Waals surface area contributed by atoms with E-state index in [1.54, 1.807) is 7.11 Å². The summed E-state index contributed by atoms with van der Waals surface area (Å²) in [5.41, 5.74) is 10.1. The minimum Gasteiger partial charge on any atom is -0.497 e. The first kappa shape index (κ1) is 13.6. The average Bonchev–Trinajstić information content (AvgIpc) is 2.83. The molecule has 3 rings (SSSR count). The van der Waals surface area contributed by atoms with E-state index >= 15 is 0 Å². The molecule has 0 spiro atoms. The molecule has 0 bridgehead atoms. The predicted octanol–water partition coefficient (Wildman–Crippen LogP) is 2.63. The van der Waals surface area contributed by atoms with Crippen molar-refractivity contribution in [1.82, 2.24) is 9.55 Å². The minimum atomic E-state index is 0.548. The van der Waals surface area contributed by atoms with Crippen LogP contribution in [0.3, 0.4) is 0 Å². The fourth-order valence-corrected chi connectivity index (χ4v) is 2.54. The van der Waals surface area contributed by atoms with Gasteiger partial charge in [-0.3, -0.25) is 0 Å². The van der Waals surface area contributed by atoms with Crippen LogP contribution >= 0.6 is 0 Å². The van der Waals surface area contributed by atoms with E-state index in [0.29, 0.717) is 6.54 Å². The molecule has 3 aromatic rings. The molecule has 4 nitrogen and oxygen atoms in total. The van der Waals surface area contributed by atoms with Crippen molar-refractivity contribution in [1.29, 1.82) is 0 Å². The summed E-state index contributed by atoms with van der Waals surface area (Å²) in [5.74, 6) is 1.91. The average molecular weight is 281 g/mol. The number of fused-ring (bicyclic) bond motifs is 1. The minimum absolute atomic E-state index is 0.548. The van der Waals surface area contributed by atoms with Gasteiger partial charge in [-0.05, 0) is 35.4 Å². The van der Waals surface area contributed by atoms with Crippen LogP contribution in [-0.2, 0) is 20.0 Å². The smallest absolute Gasteiger partial charge is 0.119 e. The summed E-state index contributed by atoms with van der Waals surface area (Å²) in [6, 6.07) is 14.3. The second-order valence-electron chi connectivity index (χ2n) is 5.14. The molecule has 21 heavy (non-hydrogen) atoms. The van der Waals surface area contributed by atoms with Crippen LogP contribution in [-0.4, -0.2) is 16.7 Å². The van der Waals surface area contributed by atoms with Crippen molar-refractivity contribution >= 4 is 11.0 Å². The molecule has 0 atom stereocenters. The maximum atomic E-state index is 5.71. The molecule has 0 aliphatic rings. The van der Waals surface area contributed by atoms with Gasteiger partial charge in [0.15, 0.2) is 0 Å². The second-order valence-corrected chi connectivity index (χ2v) is 5.14. The van der Waals surface area contributed by atoms with Crippen LogP contribution in [0.2, 0.25) is 0 Å². The van der Waals surface area contributed by atoms with E-state index in [2.05, 4.69) is 16.7 Å². The number of nitrogens with two attached hydrogens (primary N) is 1. The van der Waals surface area contributed by atoms with Crippen molar-refractivity contribution in [3.8, 4) is 5.75 Å². The highest BCUT2D eigenvalue weighted by molar-refractivity contribution is 5.77. The van der Waals surface area contributed by atoms with Crippen LogP contribution in [0.4, 0.5) is 0 Å². The summed E-state index contributed by atoms with van der Waals surface area (Å²) >= 11 is 0. The number of ether oxygens (including phenoxy) is 1. The van der Waals surface area contributed by atoms with Crippen LogP contribution < -0.4 is 10.5 Å². The van der Waals surface area contributed by atoms with Crippen LogP contribution in [0.5, 0.6) is 5.75 Å². The fraction of sp³-hybridized carbons (Fsp3) is 0.235. The monoisotopic (exact) mass is 281 g/mol. The molecular formula is C17H19N3O. The van der Waals surface area contributed by atoms with Crippen molar-refractivity contribution in [2.24, 2.45) is 12.8 Å². The molecular weight excluding hydrogens is 262 g/mol. The number of imidazole rings is 1. The lowest BCUT2D eigenvalue weighted by atomic mass is 10.1. The topological polar surface area (TPSA) is 53.1 Å². The van der Waals surface area contributed by atoms with E-state index in [-0.39, 0.29) is 0 Å². The zero-order chi connectivity index (χ0) is 14.8. The number of benzene rings is 2. The summed E-state index contributed by atoms with van der Waals surface area (Å²) in [6.45, 7) is 0.548. The molecule has 0 aliphatic carbocycles. The Kier molecular flexibility index (Phi) is 3.62. The van der Waals surface area contributed by atoms with E-state index in [4.69, 9.17) is 15.5 Å². The first-order valence-corrected chi connectivity index (χ1v) is 6.98. The molecule has 0 amide bonds. The highest BCUT2D eigenvalue weighted by Gasteiger charge is 2.09. The highest BCUT2D eigenvalue weighted by atomic mass is 16.5. The molecule has 4 heteroatoms. The summed E-state index contributed by atoms with van der Waals surface area (Å²) in [7, 11) is 3.73. The largest absolute Gasteiger partial charge is 0.497 e. The summed E-state index contributed by atoms with van der Waals surface area (Å²) < 4.78 is 7.40. The Morgan fingerprint density at radius 2 is 2.00 bits per heavy atom. The summed E-state index contributed by atoms with van der Waals surface area (Å²) in [5, 5.41) is 0. The van der Waals surface area contributed by atoms with Crippen LogP contribution in [0.1, 0.15) is 17.0 Å². The number of nitrogens with zero attached hydrogens (tertiary/aromatic N) is 2. The third-order valence-corrected chi connectivity index (χ3v) is 3.77. The molecule has 0 aliphatic heterocycles. The van der Waals surface area contributed by atoms with Gasteiger partial charge in [-0.15, -0.1) is 0 Å². The Labute approximate surface area is 124 Å². The van der Waals surface area contributed by atoms with E-state index < -0.39 is 0 Å². The van der Waals surface area contributed by atoms with Crippen LogP contribution in [0.25, 0.3) is 11.0 Å². The first-order valence-electron chi connectivity index (χ1n) is 6.98. The van der Waals surface area contributed by atoms with Gasteiger partial charge in [0.25, 0.3) is 0 Å². The molecule has 1 aromatic heterocycles. The first-order chi connectivity index (χ1) is 10.2. The standard InChI is InChI=1S/C17H19N3O/c1-20-16-9-13(11-18)6-7-15(16)19-17(20)10-12-4-3-5-14(8-12)21-2/h3-9H,10-11,18H2,1-2H3. The molecule has 0 saturated heterocycles. The van der Waals surface area contributed by atoms with Gasteiger partial charge < -0.3 is 15.0 Å². The molecule has 0 saturated carbocycles. The Hall–Kier alpha value is -2.33. The summed E-state index contributed by atoms with van der Waals surface area (Å²) in [4.78, 5) is 4.72. The van der Waals surface area contributed by atoms with Gasteiger partial charge in [-0.2, -0.15) is 0 Å². The maximum Gasteiger partial charge on any atom is 0.119 e. The van der Waals surface area contributed by atoms with Gasteiger partial charge in [0, 0.05) is 20.0 Å². The lowest BCUT2D eigenvalue weighted by Crippen LogP contribution is -2.00. The molecule has 2 N–H and O–H groups in total. The van der Waals surface area contributed by atoms with E-state index in [9.17, 15) is 0 Å². The fourth-order valence-electron chi connectivity index (χ4n) is 2.54. The van der Waals surface area contributed by atoms with E-state index in [1.165, 1.54) is 5.56 Å². The van der Waals surface area contributed by atoms with E-state index in [0.717, 1.165) is 34.6 Å². The highest BCUT2D eigenvalue weighted by Crippen LogP contribution is 2.20. The number of methoxy groups -OCH3 is 1. The zero-order valence-corrected chi connectivity index (χ0v) is 12.3. The zero-order valence-electron chi connectivity index (χ0n) is 12.3. The van der Waals surface area contributed by atoms with Crippen molar-refractivity contribution in [3.05, 3.63) is 59.4 Å². The number of rotatable bonds is 4. The number of aryl methyl sites for hydroxylation is 1. The van der Waals surface area contributed by atoms with Gasteiger partial charge in [0.2, 0.25) is 0 Å². The van der Waals surface area contributed by atoms with Gasteiger partial charge in [-0.1, -0.05) is 18.2 Å². The Morgan fingerprint density at radius 1 is 1.14 bits per heavy atom. The third-order valence-electron chi connectivity index (χ3n) is 3.77. The molecule has 2 aromatic carbocycles. The number of hydrogen-bond acceptors (Lipinski definition) is 3. The maximum absolute atomic E-state index is 5.71. The van der Waals surface area contributed by atoms with Gasteiger partial charge in [0.05, 0.1) is 18.1 Å². The van der Waals surface area contributed by atoms with Crippen molar-refractivity contribution in [2.45, 2.75) is 13.0 Å². The van der Waals surface area contributed by atoms with E-state index in [1.807, 2.05) is 37.4 Å². The second kappa shape index (κ2) is 5.58. The SMILES string of the molecule is COc1cccc(Cc2nc3ccc(CN)cc3n2C)c1. The Balaban J connectivity index is 1.98. The Bertz CT molecular complexity index is 777. The number of hydrogen-bond donors (Lipinski definition) is 1. The van der Waals surface area contributed by atoms with Gasteiger partial charge >= 0.3 is 0 Å². The quantitative estimate of drug-likeness (QED) is 0.800. The normalized spacial score (nSPS) is 11.0. The van der Waals surface area contributed by atoms with Crippen molar-refractivity contribution in [2.75, 3.05) is 7.11 Å². The van der Waals surface area contributed by atoms with Gasteiger partial charge in [0.1, 0.15) is 11.6 Å². The third kappa shape index (κ3) is 2.62. The lowest BCUT2D eigenvalue weighted by molar-refractivity contribution is 0.414. The molecule has 0 radical (unpaired) electrons. The van der Waals surface area contributed by atoms with Crippen LogP contribution in [0, 0.1) is 0 Å². The molecule has 0 fully saturated rings. The Morgan fingerprint density at radius 3 is 2.76 bits per heavy atom. The van der Waals surface area contributed by atoms with Crippen molar-refractivity contribution < 1.29 is 4.74 Å². The summed E-state index contributed by atoms with van der Waals surface area (Å²) in [6.07, 6.45) is 0.778. The van der Waals surface area contributed by atoms with Crippen molar-refractivity contribution in [3.63, 3.8) is 0 Å². The molecule has 108 valence electrons. The molecule has 1 heterocycles. The number of aromatic nitrogens is 2. The molecule has 0 unspecified atom stereocenters.